The summed E-state index contributed by atoms with van der Waals surface area (Å²) in [6.45, 7) is 16.4. The van der Waals surface area contributed by atoms with Crippen molar-refractivity contribution in [1.82, 2.24) is 0 Å². The number of aryl methyl sites for hydroxylation is 1. The molecular weight excluding hydrogens is 465 g/mol. The van der Waals surface area contributed by atoms with Gasteiger partial charge in [-0.1, -0.05) is 0 Å². The Hall–Kier alpha value is -0.230. The Kier molecular flexibility index (Phi) is 13.3. The number of unbranched alkanes of at least 4 members (excludes halogenated alkanes) is 2. The van der Waals surface area contributed by atoms with Gasteiger partial charge < -0.3 is 0 Å². The Balaban J connectivity index is 2.33. The van der Waals surface area contributed by atoms with Gasteiger partial charge in [0.15, 0.2) is 0 Å². The minimum absolute atomic E-state index is 0.0501. The standard InChI is InChI=1S/C25H43B2O5PS/c1-7-9-13-29-16-19-21(28)22(32-26-27-33)23(30-14-10-8-2)24(31-19)34-20-15-18(25(4,5)6)12-11-17(20)3/h11-12,15,19,21-24,28H,7-10,13-14,16,33H2,1-6H3/t19?,21-,22?,23+,24+/m1/s1. The molecule has 5 nitrogen and oxygen atoms in total. The van der Waals surface area contributed by atoms with Crippen molar-refractivity contribution in [2.45, 2.75) is 107 Å². The molecule has 0 saturated carbocycles. The van der Waals surface area contributed by atoms with E-state index in [-0.39, 0.29) is 10.9 Å². The van der Waals surface area contributed by atoms with E-state index in [1.54, 1.807) is 25.3 Å². The maximum atomic E-state index is 11.2. The van der Waals surface area contributed by atoms with Crippen molar-refractivity contribution in [3.05, 3.63) is 29.3 Å². The first-order chi connectivity index (χ1) is 16.2. The van der Waals surface area contributed by atoms with Crippen LogP contribution in [0.15, 0.2) is 23.1 Å². The van der Waals surface area contributed by atoms with Crippen molar-refractivity contribution in [2.24, 2.45) is 0 Å². The molecule has 1 aromatic carbocycles. The van der Waals surface area contributed by atoms with Gasteiger partial charge in [-0.15, -0.1) is 0 Å². The van der Waals surface area contributed by atoms with E-state index >= 15 is 0 Å². The van der Waals surface area contributed by atoms with Gasteiger partial charge in [0.1, 0.15) is 0 Å². The zero-order chi connectivity index (χ0) is 25.1. The summed E-state index contributed by atoms with van der Waals surface area (Å²) in [5, 5.41) is 11.2. The molecule has 1 aliphatic rings. The number of benzene rings is 1. The van der Waals surface area contributed by atoms with Crippen LogP contribution in [0.2, 0.25) is 0 Å². The molecule has 3 unspecified atom stereocenters. The minimum atomic E-state index is -0.853. The van der Waals surface area contributed by atoms with Gasteiger partial charge in [-0.05, 0) is 0 Å². The normalized spacial score (nSPS) is 25.2. The third kappa shape index (κ3) is 9.01. The summed E-state index contributed by atoms with van der Waals surface area (Å²) in [5.74, 6) is 0. The van der Waals surface area contributed by atoms with Crippen LogP contribution in [0.4, 0.5) is 0 Å². The first-order valence-corrected chi connectivity index (χ1v) is 14.1. The second-order valence-corrected chi connectivity index (χ2v) is 11.5. The molecule has 1 saturated heterocycles. The first kappa shape index (κ1) is 30.0. The van der Waals surface area contributed by atoms with Gasteiger partial charge in [-0.2, -0.15) is 0 Å². The van der Waals surface area contributed by atoms with Crippen LogP contribution >= 0.6 is 20.9 Å². The molecule has 2 rings (SSSR count). The maximum absolute atomic E-state index is 11.2. The van der Waals surface area contributed by atoms with Crippen LogP contribution in [0.3, 0.4) is 0 Å². The average molecular weight is 508 g/mol. The number of hydrogen-bond donors (Lipinski definition) is 1. The van der Waals surface area contributed by atoms with Crippen LogP contribution in [-0.4, -0.2) is 68.3 Å². The molecule has 0 aliphatic carbocycles. The summed E-state index contributed by atoms with van der Waals surface area (Å²) in [6.07, 6.45) is 1.71. The number of aliphatic hydroxyl groups is 1. The Bertz CT molecular complexity index is 761. The van der Waals surface area contributed by atoms with Crippen LogP contribution in [0, 0.1) is 6.92 Å². The quantitative estimate of drug-likeness (QED) is 0.233. The van der Waals surface area contributed by atoms with Crippen LogP contribution in [-0.2, 0) is 24.3 Å². The Labute approximate surface area is 214 Å². The van der Waals surface area contributed by atoms with E-state index in [4.69, 9.17) is 18.9 Å². The van der Waals surface area contributed by atoms with E-state index < -0.39 is 24.4 Å². The number of rotatable bonds is 13. The molecule has 6 atom stereocenters. The van der Waals surface area contributed by atoms with E-state index in [0.717, 1.165) is 30.6 Å². The van der Waals surface area contributed by atoms with Gasteiger partial charge in [-0.25, -0.2) is 0 Å². The monoisotopic (exact) mass is 508 g/mol. The first-order valence-electron chi connectivity index (χ1n) is 12.6. The Morgan fingerprint density at radius 1 is 1.12 bits per heavy atom. The van der Waals surface area contributed by atoms with Crippen molar-refractivity contribution < 1.29 is 24.0 Å². The van der Waals surface area contributed by atoms with Gasteiger partial charge in [0.05, 0.1) is 0 Å². The second kappa shape index (κ2) is 15.1. The van der Waals surface area contributed by atoms with E-state index in [9.17, 15) is 5.11 Å². The molecule has 9 heteroatoms. The number of thioether (sulfide) groups is 1. The zero-order valence-corrected chi connectivity index (χ0v) is 23.8. The topological polar surface area (TPSA) is 57.2 Å². The average Bonchev–Trinajstić information content (AvgIpc) is 2.79. The molecule has 190 valence electrons. The molecule has 0 spiro atoms. The fourth-order valence-electron chi connectivity index (χ4n) is 3.72. The van der Waals surface area contributed by atoms with Crippen molar-refractivity contribution in [3.8, 4) is 0 Å². The number of ether oxygens (including phenoxy) is 3. The molecule has 0 radical (unpaired) electrons. The van der Waals surface area contributed by atoms with Crippen molar-refractivity contribution in [3.63, 3.8) is 0 Å². The molecule has 1 fully saturated rings. The van der Waals surface area contributed by atoms with E-state index in [1.165, 1.54) is 11.1 Å². The molecule has 1 aromatic rings. The Morgan fingerprint density at radius 2 is 1.82 bits per heavy atom. The van der Waals surface area contributed by atoms with Crippen LogP contribution in [0.5, 0.6) is 0 Å². The van der Waals surface area contributed by atoms with Gasteiger partial charge in [0, 0.05) is 0 Å². The van der Waals surface area contributed by atoms with Gasteiger partial charge in [0.25, 0.3) is 0 Å². The molecule has 0 aromatic heterocycles. The summed E-state index contributed by atoms with van der Waals surface area (Å²) in [5.41, 5.74) is 2.18. The molecule has 1 heterocycles. The van der Waals surface area contributed by atoms with Crippen molar-refractivity contribution >= 4 is 34.4 Å². The second-order valence-electron chi connectivity index (χ2n) is 9.93. The summed E-state index contributed by atoms with van der Waals surface area (Å²) < 4.78 is 24.6. The molecular formula is C25H43B2O5PS. The zero-order valence-electron chi connectivity index (χ0n) is 21.8. The van der Waals surface area contributed by atoms with Gasteiger partial charge >= 0.3 is 215 Å². The fraction of sp³-hybridized carbons (Fsp3) is 0.760. The molecule has 0 bridgehead atoms. The van der Waals surface area contributed by atoms with Crippen LogP contribution in [0.25, 0.3) is 0 Å². The van der Waals surface area contributed by atoms with Crippen molar-refractivity contribution in [2.75, 3.05) is 19.8 Å². The summed E-state index contributed by atoms with van der Waals surface area (Å²) >= 11 is 1.65. The summed E-state index contributed by atoms with van der Waals surface area (Å²) in [6, 6.07) is 6.62. The van der Waals surface area contributed by atoms with E-state index in [0.29, 0.717) is 19.8 Å². The molecule has 0 amide bonds. The van der Waals surface area contributed by atoms with E-state index in [1.807, 2.05) is 0 Å². The SMILES string of the molecule is CCCCOCC1O[C@@H](Sc2cc(C(C)(C)C)ccc2C)[C@@H](OCCCC)C(OB=BP)[C@@H]1O. The molecule has 1 aliphatic heterocycles. The predicted octanol–water partition coefficient (Wildman–Crippen LogP) is 4.89. The third-order valence-electron chi connectivity index (χ3n) is 5.96. The summed E-state index contributed by atoms with van der Waals surface area (Å²) in [7, 11) is 4.11. The van der Waals surface area contributed by atoms with E-state index in [2.05, 4.69) is 68.9 Å². The third-order valence-corrected chi connectivity index (χ3v) is 7.43. The van der Waals surface area contributed by atoms with Crippen LogP contribution < -0.4 is 0 Å². The molecule has 1 N–H and O–H groups in total. The fourth-order valence-corrected chi connectivity index (χ4v) is 5.08. The van der Waals surface area contributed by atoms with Gasteiger partial charge in [0.2, 0.25) is 0 Å². The Morgan fingerprint density at radius 3 is 2.47 bits per heavy atom. The number of hydrogen-bond acceptors (Lipinski definition) is 6. The molecule has 34 heavy (non-hydrogen) atoms. The van der Waals surface area contributed by atoms with Gasteiger partial charge in [-0.3, -0.25) is 0 Å². The summed E-state index contributed by atoms with van der Waals surface area (Å²) in [4.78, 5) is 1.16. The predicted molar refractivity (Wildman–Crippen MR) is 147 cm³/mol. The van der Waals surface area contributed by atoms with Crippen LogP contribution in [0.1, 0.15) is 71.4 Å². The number of aliphatic hydroxyl groups excluding tert-OH is 1. The van der Waals surface area contributed by atoms with Crippen molar-refractivity contribution in [1.29, 1.82) is 0 Å².